The Kier molecular flexibility index (Phi) is 4.92. The van der Waals surface area contributed by atoms with Crippen LogP contribution in [0.25, 0.3) is 10.9 Å². The number of carbonyl (C=O) groups excluding carboxylic acids is 2. The molecule has 1 fully saturated rings. The third-order valence-electron chi connectivity index (χ3n) is 4.81. The number of methoxy groups -OCH3 is 1. The number of aromatic nitrogens is 3. The third kappa shape index (κ3) is 3.53. The van der Waals surface area contributed by atoms with E-state index < -0.39 is 11.7 Å². The van der Waals surface area contributed by atoms with Crippen molar-refractivity contribution in [2.75, 3.05) is 20.2 Å². The summed E-state index contributed by atoms with van der Waals surface area (Å²) in [6, 6.07) is 10.8. The van der Waals surface area contributed by atoms with Gasteiger partial charge in [0.1, 0.15) is 6.10 Å². The fourth-order valence-corrected chi connectivity index (χ4v) is 3.39. The molecule has 3 aromatic rings. The standard InChI is InChI=1S/C20H20N4O4/c1-27-17-8-9-18(23-22-17)28-13-5-4-10-24(12-13)20(26)19(25)15-11-21-16-7-3-2-6-14(15)16/h2-3,6-9,11,13,21H,4-5,10,12H2,1H3. The van der Waals surface area contributed by atoms with E-state index in [-0.39, 0.29) is 6.10 Å². The van der Waals surface area contributed by atoms with Crippen LogP contribution < -0.4 is 9.47 Å². The number of fused-ring (bicyclic) bond motifs is 1. The second-order valence-electron chi connectivity index (χ2n) is 6.62. The Labute approximate surface area is 161 Å². The molecule has 1 aromatic carbocycles. The molecule has 0 radical (unpaired) electrons. The minimum absolute atomic E-state index is 0.240. The highest BCUT2D eigenvalue weighted by molar-refractivity contribution is 6.44. The van der Waals surface area contributed by atoms with Gasteiger partial charge in [0.2, 0.25) is 11.8 Å². The number of hydrogen-bond donors (Lipinski definition) is 1. The van der Waals surface area contributed by atoms with Crippen LogP contribution in [-0.2, 0) is 4.79 Å². The van der Waals surface area contributed by atoms with E-state index in [0.29, 0.717) is 30.4 Å². The first-order valence-electron chi connectivity index (χ1n) is 9.10. The number of nitrogens with zero attached hydrogens (tertiary/aromatic N) is 3. The Morgan fingerprint density at radius 2 is 1.93 bits per heavy atom. The van der Waals surface area contributed by atoms with Gasteiger partial charge in [-0.1, -0.05) is 18.2 Å². The number of nitrogens with one attached hydrogen (secondary N) is 1. The smallest absolute Gasteiger partial charge is 0.295 e. The lowest BCUT2D eigenvalue weighted by molar-refractivity contribution is -0.129. The van der Waals surface area contributed by atoms with Crippen molar-refractivity contribution in [3.05, 3.63) is 48.2 Å². The number of likely N-dealkylation sites (tertiary alicyclic amines) is 1. The number of amides is 1. The normalized spacial score (nSPS) is 16.8. The molecule has 0 spiro atoms. The van der Waals surface area contributed by atoms with Gasteiger partial charge >= 0.3 is 0 Å². The minimum atomic E-state index is -0.515. The number of H-pyrrole nitrogens is 1. The Morgan fingerprint density at radius 1 is 1.14 bits per heavy atom. The van der Waals surface area contributed by atoms with Gasteiger partial charge < -0.3 is 19.4 Å². The van der Waals surface area contributed by atoms with Crippen molar-refractivity contribution in [1.82, 2.24) is 20.1 Å². The van der Waals surface area contributed by atoms with Gasteiger partial charge in [-0.2, -0.15) is 0 Å². The summed E-state index contributed by atoms with van der Waals surface area (Å²) in [5.74, 6) is -0.263. The van der Waals surface area contributed by atoms with E-state index in [1.54, 1.807) is 23.2 Å². The molecule has 28 heavy (non-hydrogen) atoms. The zero-order valence-corrected chi connectivity index (χ0v) is 15.4. The van der Waals surface area contributed by atoms with Crippen molar-refractivity contribution in [1.29, 1.82) is 0 Å². The summed E-state index contributed by atoms with van der Waals surface area (Å²) in [6.45, 7) is 0.863. The van der Waals surface area contributed by atoms with E-state index in [4.69, 9.17) is 9.47 Å². The second kappa shape index (κ2) is 7.67. The number of hydrogen-bond acceptors (Lipinski definition) is 6. The lowest BCUT2D eigenvalue weighted by atomic mass is 10.0. The van der Waals surface area contributed by atoms with Crippen molar-refractivity contribution < 1.29 is 19.1 Å². The highest BCUT2D eigenvalue weighted by atomic mass is 16.5. The largest absolute Gasteiger partial charge is 0.480 e. The summed E-state index contributed by atoms with van der Waals surface area (Å²) in [4.78, 5) is 30.1. The molecule has 1 saturated heterocycles. The number of ether oxygens (including phenoxy) is 2. The Morgan fingerprint density at radius 3 is 2.71 bits per heavy atom. The highest BCUT2D eigenvalue weighted by Gasteiger charge is 2.30. The topological polar surface area (TPSA) is 97.4 Å². The Bertz CT molecular complexity index is 999. The molecule has 2 aromatic heterocycles. The zero-order valence-electron chi connectivity index (χ0n) is 15.4. The first kappa shape index (κ1) is 18.0. The van der Waals surface area contributed by atoms with E-state index in [9.17, 15) is 9.59 Å². The van der Waals surface area contributed by atoms with Gasteiger partial charge in [-0.25, -0.2) is 0 Å². The predicted octanol–water partition coefficient (Wildman–Crippen LogP) is 2.22. The molecule has 4 rings (SSSR count). The number of carbonyl (C=O) groups is 2. The summed E-state index contributed by atoms with van der Waals surface area (Å²) < 4.78 is 10.8. The maximum absolute atomic E-state index is 12.8. The van der Waals surface area contributed by atoms with Crippen LogP contribution >= 0.6 is 0 Å². The molecule has 1 unspecified atom stereocenters. The highest BCUT2D eigenvalue weighted by Crippen LogP contribution is 2.21. The molecule has 0 saturated carbocycles. The quantitative estimate of drug-likeness (QED) is 0.538. The van der Waals surface area contributed by atoms with Crippen molar-refractivity contribution in [2.45, 2.75) is 18.9 Å². The molecule has 8 nitrogen and oxygen atoms in total. The fourth-order valence-electron chi connectivity index (χ4n) is 3.39. The number of para-hydroxylation sites is 1. The SMILES string of the molecule is COc1ccc(OC2CCCN(C(=O)C(=O)c3c[nH]c4ccccc34)C2)nn1. The molecule has 0 aliphatic carbocycles. The van der Waals surface area contributed by atoms with E-state index >= 15 is 0 Å². The summed E-state index contributed by atoms with van der Waals surface area (Å²) in [5.41, 5.74) is 1.22. The van der Waals surface area contributed by atoms with Crippen LogP contribution in [0.1, 0.15) is 23.2 Å². The molecular formula is C20H20N4O4. The van der Waals surface area contributed by atoms with Gasteiger partial charge in [0, 0.05) is 35.8 Å². The number of piperidine rings is 1. The number of Topliss-reactive ketones (excluding diaryl/α,β-unsaturated/α-hetero) is 1. The Balaban J connectivity index is 1.44. The van der Waals surface area contributed by atoms with E-state index in [1.807, 2.05) is 24.3 Å². The zero-order chi connectivity index (χ0) is 19.5. The Hall–Kier alpha value is -3.42. The van der Waals surface area contributed by atoms with Crippen LogP contribution in [-0.4, -0.2) is 58.1 Å². The predicted molar refractivity (Wildman–Crippen MR) is 101 cm³/mol. The average Bonchev–Trinajstić information content (AvgIpc) is 3.17. The van der Waals surface area contributed by atoms with Crippen LogP contribution in [0.15, 0.2) is 42.6 Å². The van der Waals surface area contributed by atoms with Gasteiger partial charge in [-0.05, 0) is 18.9 Å². The lowest BCUT2D eigenvalue weighted by Gasteiger charge is -2.32. The van der Waals surface area contributed by atoms with E-state index in [0.717, 1.165) is 23.7 Å². The maximum atomic E-state index is 12.8. The number of ketones is 1. The number of benzene rings is 1. The maximum Gasteiger partial charge on any atom is 0.295 e. The summed E-state index contributed by atoms with van der Waals surface area (Å²) in [6.07, 6.45) is 2.88. The van der Waals surface area contributed by atoms with Gasteiger partial charge in [0.15, 0.2) is 0 Å². The molecule has 1 amide bonds. The molecule has 144 valence electrons. The molecule has 1 N–H and O–H groups in total. The molecule has 0 bridgehead atoms. The monoisotopic (exact) mass is 380 g/mol. The molecule has 1 aliphatic rings. The van der Waals surface area contributed by atoms with Crippen LogP contribution in [0, 0.1) is 0 Å². The lowest BCUT2D eigenvalue weighted by Crippen LogP contribution is -2.47. The van der Waals surface area contributed by atoms with Gasteiger partial charge in [-0.3, -0.25) is 9.59 Å². The number of rotatable bonds is 5. The fraction of sp³-hybridized carbons (Fsp3) is 0.300. The summed E-state index contributed by atoms with van der Waals surface area (Å²) in [5, 5.41) is 8.57. The van der Waals surface area contributed by atoms with Crippen molar-refractivity contribution >= 4 is 22.6 Å². The van der Waals surface area contributed by atoms with Crippen molar-refractivity contribution in [2.24, 2.45) is 0 Å². The third-order valence-corrected chi connectivity index (χ3v) is 4.81. The first-order valence-corrected chi connectivity index (χ1v) is 9.10. The van der Waals surface area contributed by atoms with Crippen LogP contribution in [0.5, 0.6) is 11.8 Å². The van der Waals surface area contributed by atoms with Gasteiger partial charge in [0.05, 0.1) is 19.2 Å². The van der Waals surface area contributed by atoms with Gasteiger partial charge in [0.25, 0.3) is 11.7 Å². The second-order valence-corrected chi connectivity index (χ2v) is 6.62. The molecule has 3 heterocycles. The van der Waals surface area contributed by atoms with Crippen LogP contribution in [0.2, 0.25) is 0 Å². The van der Waals surface area contributed by atoms with Crippen LogP contribution in [0.4, 0.5) is 0 Å². The molecule has 1 atom stereocenters. The molecular weight excluding hydrogens is 360 g/mol. The number of aromatic amines is 1. The van der Waals surface area contributed by atoms with E-state index in [1.165, 1.54) is 7.11 Å². The van der Waals surface area contributed by atoms with Crippen LogP contribution in [0.3, 0.4) is 0 Å². The average molecular weight is 380 g/mol. The molecule has 1 aliphatic heterocycles. The minimum Gasteiger partial charge on any atom is -0.480 e. The first-order chi connectivity index (χ1) is 13.7. The summed E-state index contributed by atoms with van der Waals surface area (Å²) >= 11 is 0. The van der Waals surface area contributed by atoms with Crippen molar-refractivity contribution in [3.8, 4) is 11.8 Å². The van der Waals surface area contributed by atoms with Crippen molar-refractivity contribution in [3.63, 3.8) is 0 Å². The van der Waals surface area contributed by atoms with Gasteiger partial charge in [-0.15, -0.1) is 10.2 Å². The molecule has 8 heteroatoms. The summed E-state index contributed by atoms with van der Waals surface area (Å²) in [7, 11) is 1.51. The van der Waals surface area contributed by atoms with E-state index in [2.05, 4.69) is 15.2 Å².